The van der Waals surface area contributed by atoms with Crippen LogP contribution in [0.5, 0.6) is 0 Å². The Morgan fingerprint density at radius 1 is 1.21 bits per heavy atom. The van der Waals surface area contributed by atoms with Crippen molar-refractivity contribution in [2.45, 2.75) is 26.3 Å². The molecule has 6 heteroatoms. The number of nitrogens with zero attached hydrogens (tertiary/aromatic N) is 6. The van der Waals surface area contributed by atoms with Crippen molar-refractivity contribution in [3.63, 3.8) is 0 Å². The molecule has 118 valence electrons. The maximum atomic E-state index is 4.52. The summed E-state index contributed by atoms with van der Waals surface area (Å²) < 4.78 is 1.71. The molecule has 24 heavy (non-hydrogen) atoms. The lowest BCUT2D eigenvalue weighted by Gasteiger charge is -2.01. The number of aryl methyl sites for hydroxylation is 1. The smallest absolute Gasteiger partial charge is 0.149 e. The standard InChI is InChI=1S/C18H16N6/c1-13-9-15(6-5-14-3-4-14)10-21-18(13)16-11-24(23-22-16)12-17-19-7-2-8-20-17/h2,7-11,14H,3-4,12H2,1H3. The van der Waals surface area contributed by atoms with Gasteiger partial charge in [-0.05, 0) is 37.5 Å². The molecule has 0 amide bonds. The fraction of sp³-hybridized carbons (Fsp3) is 0.278. The first-order valence-corrected chi connectivity index (χ1v) is 7.92. The summed E-state index contributed by atoms with van der Waals surface area (Å²) in [5, 5.41) is 8.35. The number of aromatic nitrogens is 6. The zero-order valence-electron chi connectivity index (χ0n) is 13.3. The van der Waals surface area contributed by atoms with Crippen molar-refractivity contribution in [3.8, 4) is 23.2 Å². The molecule has 0 N–H and O–H groups in total. The molecule has 1 fully saturated rings. The van der Waals surface area contributed by atoms with E-state index in [1.807, 2.05) is 13.1 Å². The minimum atomic E-state index is 0.484. The molecular weight excluding hydrogens is 300 g/mol. The molecule has 1 saturated carbocycles. The molecule has 0 atom stereocenters. The van der Waals surface area contributed by atoms with Crippen LogP contribution in [0.4, 0.5) is 0 Å². The maximum Gasteiger partial charge on any atom is 0.149 e. The van der Waals surface area contributed by atoms with Crippen LogP contribution in [0.2, 0.25) is 0 Å². The first-order valence-electron chi connectivity index (χ1n) is 7.92. The predicted octanol–water partition coefficient (Wildman–Crippen LogP) is 2.25. The summed E-state index contributed by atoms with van der Waals surface area (Å²) in [5.74, 6) is 7.73. The van der Waals surface area contributed by atoms with E-state index >= 15 is 0 Å². The van der Waals surface area contributed by atoms with Crippen LogP contribution < -0.4 is 0 Å². The summed E-state index contributed by atoms with van der Waals surface area (Å²) >= 11 is 0. The van der Waals surface area contributed by atoms with Gasteiger partial charge in [0.05, 0.1) is 11.9 Å². The highest BCUT2D eigenvalue weighted by molar-refractivity contribution is 5.58. The van der Waals surface area contributed by atoms with Crippen molar-refractivity contribution in [2.24, 2.45) is 5.92 Å². The summed E-state index contributed by atoms with van der Waals surface area (Å²) in [6.07, 6.45) is 9.55. The van der Waals surface area contributed by atoms with Gasteiger partial charge in [-0.3, -0.25) is 4.98 Å². The van der Waals surface area contributed by atoms with E-state index in [9.17, 15) is 0 Å². The number of hydrogen-bond acceptors (Lipinski definition) is 5. The Bertz CT molecular complexity index is 915. The Morgan fingerprint density at radius 2 is 2.04 bits per heavy atom. The van der Waals surface area contributed by atoms with Gasteiger partial charge < -0.3 is 0 Å². The molecule has 0 saturated heterocycles. The number of pyridine rings is 1. The fourth-order valence-electron chi connectivity index (χ4n) is 2.37. The van der Waals surface area contributed by atoms with Crippen LogP contribution >= 0.6 is 0 Å². The Balaban J connectivity index is 1.54. The monoisotopic (exact) mass is 316 g/mol. The van der Waals surface area contributed by atoms with Crippen LogP contribution in [-0.4, -0.2) is 29.9 Å². The summed E-state index contributed by atoms with van der Waals surface area (Å²) in [7, 11) is 0. The van der Waals surface area contributed by atoms with Gasteiger partial charge in [-0.25, -0.2) is 14.6 Å². The van der Waals surface area contributed by atoms with Gasteiger partial charge in [-0.15, -0.1) is 5.10 Å². The fourth-order valence-corrected chi connectivity index (χ4v) is 2.37. The minimum absolute atomic E-state index is 0.484. The highest BCUT2D eigenvalue weighted by Gasteiger charge is 2.17. The van der Waals surface area contributed by atoms with Gasteiger partial charge in [-0.1, -0.05) is 17.1 Å². The van der Waals surface area contributed by atoms with E-state index in [2.05, 4.69) is 43.2 Å². The molecular formula is C18H16N6. The topological polar surface area (TPSA) is 69.4 Å². The van der Waals surface area contributed by atoms with Gasteiger partial charge >= 0.3 is 0 Å². The zero-order chi connectivity index (χ0) is 16.4. The second-order valence-electron chi connectivity index (χ2n) is 5.90. The molecule has 1 aliphatic carbocycles. The van der Waals surface area contributed by atoms with E-state index in [-0.39, 0.29) is 0 Å². The molecule has 4 rings (SSSR count). The van der Waals surface area contributed by atoms with E-state index in [1.54, 1.807) is 29.3 Å². The van der Waals surface area contributed by atoms with Crippen molar-refractivity contribution in [3.05, 3.63) is 53.9 Å². The van der Waals surface area contributed by atoms with Gasteiger partial charge in [0.2, 0.25) is 0 Å². The van der Waals surface area contributed by atoms with Gasteiger partial charge in [0, 0.05) is 30.1 Å². The van der Waals surface area contributed by atoms with E-state index < -0.39 is 0 Å². The third kappa shape index (κ3) is 3.30. The van der Waals surface area contributed by atoms with Crippen molar-refractivity contribution in [1.29, 1.82) is 0 Å². The Kier molecular flexibility index (Phi) is 3.75. The lowest BCUT2D eigenvalue weighted by Crippen LogP contribution is -2.04. The molecule has 0 unspecified atom stereocenters. The quantitative estimate of drug-likeness (QED) is 0.693. The average Bonchev–Trinajstić information content (AvgIpc) is 3.32. The third-order valence-electron chi connectivity index (χ3n) is 3.78. The van der Waals surface area contributed by atoms with Crippen LogP contribution in [-0.2, 0) is 6.54 Å². The molecule has 0 spiro atoms. The number of hydrogen-bond donors (Lipinski definition) is 0. The van der Waals surface area contributed by atoms with Crippen molar-refractivity contribution in [1.82, 2.24) is 29.9 Å². The van der Waals surface area contributed by atoms with Gasteiger partial charge in [0.1, 0.15) is 18.1 Å². The molecule has 0 radical (unpaired) electrons. The molecule has 0 aliphatic heterocycles. The van der Waals surface area contributed by atoms with E-state index in [1.165, 1.54) is 12.8 Å². The van der Waals surface area contributed by atoms with Crippen LogP contribution in [0.3, 0.4) is 0 Å². The van der Waals surface area contributed by atoms with Gasteiger partial charge in [-0.2, -0.15) is 0 Å². The molecule has 0 aromatic carbocycles. The van der Waals surface area contributed by atoms with Crippen LogP contribution in [0, 0.1) is 24.7 Å². The molecule has 0 bridgehead atoms. The van der Waals surface area contributed by atoms with E-state index in [0.717, 1.165) is 22.5 Å². The largest absolute Gasteiger partial charge is 0.253 e. The SMILES string of the molecule is Cc1cc(C#CC2CC2)cnc1-c1cn(Cc2ncccn2)nn1. The summed E-state index contributed by atoms with van der Waals surface area (Å²) in [6.45, 7) is 2.50. The number of rotatable bonds is 3. The van der Waals surface area contributed by atoms with Crippen molar-refractivity contribution < 1.29 is 0 Å². The van der Waals surface area contributed by atoms with Crippen molar-refractivity contribution >= 4 is 0 Å². The normalized spacial score (nSPS) is 13.4. The Hall–Kier alpha value is -3.07. The molecule has 3 aromatic rings. The lowest BCUT2D eigenvalue weighted by atomic mass is 10.1. The molecule has 6 nitrogen and oxygen atoms in total. The summed E-state index contributed by atoms with van der Waals surface area (Å²) in [4.78, 5) is 12.9. The van der Waals surface area contributed by atoms with Gasteiger partial charge in [0.15, 0.2) is 0 Å². The van der Waals surface area contributed by atoms with Crippen LogP contribution in [0.1, 0.15) is 29.8 Å². The third-order valence-corrected chi connectivity index (χ3v) is 3.78. The summed E-state index contributed by atoms with van der Waals surface area (Å²) in [6, 6.07) is 3.84. The lowest BCUT2D eigenvalue weighted by molar-refractivity contribution is 0.624. The maximum absolute atomic E-state index is 4.52. The van der Waals surface area contributed by atoms with Crippen LogP contribution in [0.15, 0.2) is 36.9 Å². The zero-order valence-corrected chi connectivity index (χ0v) is 13.3. The second-order valence-corrected chi connectivity index (χ2v) is 5.90. The van der Waals surface area contributed by atoms with Crippen LogP contribution in [0.25, 0.3) is 11.4 Å². The van der Waals surface area contributed by atoms with Crippen molar-refractivity contribution in [2.75, 3.05) is 0 Å². The first-order chi connectivity index (χ1) is 11.8. The summed E-state index contributed by atoms with van der Waals surface area (Å²) in [5.41, 5.74) is 3.56. The minimum Gasteiger partial charge on any atom is -0.253 e. The average molecular weight is 316 g/mol. The molecule has 1 aliphatic rings. The molecule has 3 aromatic heterocycles. The Labute approximate surface area is 140 Å². The highest BCUT2D eigenvalue weighted by atomic mass is 15.4. The van der Waals surface area contributed by atoms with E-state index in [4.69, 9.17) is 0 Å². The molecule has 3 heterocycles. The first kappa shape index (κ1) is 14.5. The van der Waals surface area contributed by atoms with E-state index in [0.29, 0.717) is 18.3 Å². The van der Waals surface area contributed by atoms with Gasteiger partial charge in [0.25, 0.3) is 0 Å². The predicted molar refractivity (Wildman–Crippen MR) is 88.7 cm³/mol. The Morgan fingerprint density at radius 3 is 2.79 bits per heavy atom. The highest BCUT2D eigenvalue weighted by Crippen LogP contribution is 2.27. The second kappa shape index (κ2) is 6.20.